The van der Waals surface area contributed by atoms with Gasteiger partial charge in [-0.05, 0) is 48.6 Å². The number of aromatic nitrogens is 1. The van der Waals surface area contributed by atoms with E-state index in [1.54, 1.807) is 44.4 Å². The lowest BCUT2D eigenvalue weighted by Gasteiger charge is -2.44. The number of β-lactam (4-membered cyclic amide) rings is 1. The molecule has 33 heavy (non-hydrogen) atoms. The summed E-state index contributed by atoms with van der Waals surface area (Å²) in [5.74, 6) is -3.03. The van der Waals surface area contributed by atoms with Crippen molar-refractivity contribution in [1.29, 1.82) is 0 Å². The number of imide groups is 1. The molecule has 8 nitrogen and oxygen atoms in total. The molecule has 0 bridgehead atoms. The van der Waals surface area contributed by atoms with Crippen LogP contribution in [0.1, 0.15) is 37.3 Å². The Morgan fingerprint density at radius 1 is 1.24 bits per heavy atom. The van der Waals surface area contributed by atoms with E-state index in [1.807, 2.05) is 0 Å². The highest BCUT2D eigenvalue weighted by molar-refractivity contribution is 6.08. The van der Waals surface area contributed by atoms with Crippen molar-refractivity contribution in [2.75, 3.05) is 6.61 Å². The van der Waals surface area contributed by atoms with Gasteiger partial charge in [-0.3, -0.25) is 19.5 Å². The van der Waals surface area contributed by atoms with Crippen LogP contribution >= 0.6 is 0 Å². The molecule has 4 rings (SSSR count). The highest BCUT2D eigenvalue weighted by Gasteiger charge is 2.55. The summed E-state index contributed by atoms with van der Waals surface area (Å²) in [7, 11) is 0. The fourth-order valence-electron chi connectivity index (χ4n) is 4.05. The number of pyridine rings is 1. The van der Waals surface area contributed by atoms with Crippen LogP contribution in [0.4, 0.5) is 8.78 Å². The predicted octanol–water partition coefficient (Wildman–Crippen LogP) is 3.06. The molecule has 1 aromatic carbocycles. The largest absolute Gasteiger partial charge is 0.586 e. The number of esters is 1. The molecule has 3 atom stereocenters. The first-order chi connectivity index (χ1) is 15.7. The van der Waals surface area contributed by atoms with E-state index in [0.29, 0.717) is 5.56 Å². The lowest BCUT2D eigenvalue weighted by atomic mass is 9.81. The molecule has 1 fully saturated rings. The second-order valence-corrected chi connectivity index (χ2v) is 7.95. The van der Waals surface area contributed by atoms with E-state index in [9.17, 15) is 23.2 Å². The van der Waals surface area contributed by atoms with Crippen molar-refractivity contribution in [2.24, 2.45) is 5.92 Å². The Bertz CT molecular complexity index is 1080. The van der Waals surface area contributed by atoms with E-state index >= 15 is 0 Å². The molecule has 2 aromatic rings. The summed E-state index contributed by atoms with van der Waals surface area (Å²) in [6.07, 6.45) is -0.391. The van der Waals surface area contributed by atoms with Crippen molar-refractivity contribution in [3.63, 3.8) is 0 Å². The predicted molar refractivity (Wildman–Crippen MR) is 109 cm³/mol. The third kappa shape index (κ3) is 4.50. The quantitative estimate of drug-likeness (QED) is 0.463. The van der Waals surface area contributed by atoms with Crippen LogP contribution in [0, 0.1) is 5.92 Å². The normalized spacial score (nSPS) is 21.3. The Labute approximate surface area is 188 Å². The lowest BCUT2D eigenvalue weighted by Crippen LogP contribution is -2.67. The van der Waals surface area contributed by atoms with Gasteiger partial charge in [0.2, 0.25) is 11.8 Å². The highest BCUT2D eigenvalue weighted by Crippen LogP contribution is 2.42. The molecule has 2 aliphatic rings. The fourth-order valence-corrected chi connectivity index (χ4v) is 4.05. The minimum atomic E-state index is -3.74. The number of rotatable bonds is 7. The number of ether oxygens (including phenoxy) is 3. The third-order valence-corrected chi connectivity index (χ3v) is 5.66. The molecule has 1 saturated heterocycles. The summed E-state index contributed by atoms with van der Waals surface area (Å²) in [6.45, 7) is 3.47. The second-order valence-electron chi connectivity index (χ2n) is 7.95. The van der Waals surface area contributed by atoms with Gasteiger partial charge in [-0.25, -0.2) is 4.79 Å². The third-order valence-electron chi connectivity index (χ3n) is 5.66. The fraction of sp³-hybridized carbons (Fsp3) is 0.391. The molecule has 0 saturated carbocycles. The van der Waals surface area contributed by atoms with Crippen molar-refractivity contribution in [3.8, 4) is 11.5 Å². The smallest absolute Gasteiger partial charge is 0.464 e. The number of likely N-dealkylation sites (tertiary alicyclic amines) is 1. The van der Waals surface area contributed by atoms with Crippen molar-refractivity contribution in [3.05, 3.63) is 53.9 Å². The minimum absolute atomic E-state index is 0.0965. The zero-order valence-electron chi connectivity index (χ0n) is 18.0. The van der Waals surface area contributed by atoms with Crippen molar-refractivity contribution < 1.29 is 37.4 Å². The minimum Gasteiger partial charge on any atom is -0.464 e. The van der Waals surface area contributed by atoms with E-state index in [4.69, 9.17) is 4.74 Å². The zero-order valence-corrected chi connectivity index (χ0v) is 18.0. The standard InChI is InChI=1S/C23H22F2N2O6/c1-3-31-22(30)20-16(10-14-5-4-8-26-12-14)21(29)27(20)19(28)9-13(2)15-6-7-17-18(11-15)33-23(24,25)32-17/h4-8,11-13,16,20H,3,9-10H2,1-2H3/t13-,16+,20-/m0/s1. The topological polar surface area (TPSA) is 95.0 Å². The molecule has 0 spiro atoms. The monoisotopic (exact) mass is 460 g/mol. The summed E-state index contributed by atoms with van der Waals surface area (Å²) in [5, 5.41) is 0. The maximum absolute atomic E-state index is 13.3. The van der Waals surface area contributed by atoms with Gasteiger partial charge in [-0.2, -0.15) is 0 Å². The molecule has 2 aliphatic heterocycles. The molecule has 3 heterocycles. The number of alkyl halides is 2. The maximum atomic E-state index is 13.3. The average molecular weight is 460 g/mol. The average Bonchev–Trinajstić information content (AvgIpc) is 3.09. The summed E-state index contributed by atoms with van der Waals surface area (Å²) in [4.78, 5) is 43.3. The number of hydrogen-bond donors (Lipinski definition) is 0. The van der Waals surface area contributed by atoms with Crippen molar-refractivity contribution in [1.82, 2.24) is 9.88 Å². The summed E-state index contributed by atoms with van der Waals surface area (Å²) in [6, 6.07) is 6.76. The number of fused-ring (bicyclic) bond motifs is 1. The Morgan fingerprint density at radius 2 is 2.00 bits per heavy atom. The van der Waals surface area contributed by atoms with Crippen molar-refractivity contribution in [2.45, 2.75) is 44.9 Å². The Morgan fingerprint density at radius 3 is 2.70 bits per heavy atom. The summed E-state index contributed by atoms with van der Waals surface area (Å²) in [5.41, 5.74) is 1.32. The van der Waals surface area contributed by atoms with Gasteiger partial charge < -0.3 is 14.2 Å². The number of carbonyl (C=O) groups excluding carboxylic acids is 3. The summed E-state index contributed by atoms with van der Waals surface area (Å²) >= 11 is 0. The van der Waals surface area contributed by atoms with E-state index in [0.717, 1.165) is 10.5 Å². The van der Waals surface area contributed by atoms with Gasteiger partial charge in [0.25, 0.3) is 0 Å². The maximum Gasteiger partial charge on any atom is 0.586 e. The van der Waals surface area contributed by atoms with Gasteiger partial charge >= 0.3 is 12.3 Å². The Kier molecular flexibility index (Phi) is 6.01. The molecular weight excluding hydrogens is 438 g/mol. The first-order valence-corrected chi connectivity index (χ1v) is 10.5. The number of amides is 2. The van der Waals surface area contributed by atoms with Crippen LogP contribution in [0.2, 0.25) is 0 Å². The van der Waals surface area contributed by atoms with Gasteiger partial charge in [0.1, 0.15) is 6.04 Å². The van der Waals surface area contributed by atoms with Crippen LogP contribution in [-0.4, -0.2) is 46.6 Å². The first-order valence-electron chi connectivity index (χ1n) is 10.5. The highest BCUT2D eigenvalue weighted by atomic mass is 19.3. The molecule has 10 heteroatoms. The van der Waals surface area contributed by atoms with Gasteiger partial charge in [0.05, 0.1) is 12.5 Å². The zero-order chi connectivity index (χ0) is 23.8. The number of nitrogens with zero attached hydrogens (tertiary/aromatic N) is 2. The van der Waals surface area contributed by atoms with E-state index < -0.39 is 42.0 Å². The van der Waals surface area contributed by atoms with Gasteiger partial charge in [-0.15, -0.1) is 8.78 Å². The van der Waals surface area contributed by atoms with E-state index in [2.05, 4.69) is 14.5 Å². The van der Waals surface area contributed by atoms with Gasteiger partial charge in [0, 0.05) is 18.8 Å². The SMILES string of the molecule is CCOC(=O)[C@@H]1[C@@H](Cc2cccnc2)C(=O)N1C(=O)C[C@H](C)c1ccc2c(c1)OC(F)(F)O2. The van der Waals surface area contributed by atoms with Crippen LogP contribution < -0.4 is 9.47 Å². The first kappa shape index (κ1) is 22.6. The van der Waals surface area contributed by atoms with E-state index in [-0.39, 0.29) is 30.9 Å². The number of benzene rings is 1. The van der Waals surface area contributed by atoms with Crippen LogP contribution in [0.5, 0.6) is 11.5 Å². The number of carbonyl (C=O) groups is 3. The van der Waals surface area contributed by atoms with Crippen LogP contribution in [-0.2, 0) is 25.5 Å². The molecule has 0 unspecified atom stereocenters. The number of hydrogen-bond acceptors (Lipinski definition) is 7. The van der Waals surface area contributed by atoms with E-state index in [1.165, 1.54) is 12.1 Å². The van der Waals surface area contributed by atoms with Crippen LogP contribution in [0.25, 0.3) is 0 Å². The molecule has 0 N–H and O–H groups in total. The van der Waals surface area contributed by atoms with Crippen LogP contribution in [0.3, 0.4) is 0 Å². The van der Waals surface area contributed by atoms with Crippen LogP contribution in [0.15, 0.2) is 42.7 Å². The van der Waals surface area contributed by atoms with Crippen molar-refractivity contribution >= 4 is 17.8 Å². The number of halogens is 2. The molecule has 174 valence electrons. The molecule has 1 aromatic heterocycles. The molecular formula is C23H22F2N2O6. The lowest BCUT2D eigenvalue weighted by molar-refractivity contribution is -0.286. The van der Waals surface area contributed by atoms with Gasteiger partial charge in [0.15, 0.2) is 11.5 Å². The second kappa shape index (κ2) is 8.76. The molecule has 0 aliphatic carbocycles. The Hall–Kier alpha value is -3.56. The molecule has 2 amide bonds. The summed E-state index contributed by atoms with van der Waals surface area (Å²) < 4.78 is 40.5. The Balaban J connectivity index is 1.47. The van der Waals surface area contributed by atoms with Gasteiger partial charge in [-0.1, -0.05) is 19.1 Å². The molecule has 0 radical (unpaired) electrons.